The second kappa shape index (κ2) is 5.97. The number of nitrogens with one attached hydrogen (secondary N) is 1. The molecule has 0 saturated carbocycles. The minimum atomic E-state index is -0.630. The molecular weight excluding hydrogens is 294 g/mol. The Bertz CT molecular complexity index is 808. The standard InChI is InChI=1S/C14H14ClN3O3/c1-17-8-10(13(20)18(2)14(17)21)12(19)16-7-9-5-3-4-6-11(9)15/h3-6,8H,7H2,1-2H3,(H,16,19). The molecule has 21 heavy (non-hydrogen) atoms. The minimum Gasteiger partial charge on any atom is -0.348 e. The molecule has 0 radical (unpaired) electrons. The third kappa shape index (κ3) is 3.05. The number of amides is 1. The zero-order valence-electron chi connectivity index (χ0n) is 11.6. The number of benzene rings is 1. The highest BCUT2D eigenvalue weighted by molar-refractivity contribution is 6.31. The summed E-state index contributed by atoms with van der Waals surface area (Å²) < 4.78 is 2.08. The van der Waals surface area contributed by atoms with Crippen molar-refractivity contribution in [1.29, 1.82) is 0 Å². The first-order valence-corrected chi connectivity index (χ1v) is 6.58. The molecule has 1 aromatic carbocycles. The number of aromatic nitrogens is 2. The van der Waals surface area contributed by atoms with Crippen LogP contribution in [0.25, 0.3) is 0 Å². The Morgan fingerprint density at radius 3 is 2.57 bits per heavy atom. The lowest BCUT2D eigenvalue weighted by atomic mass is 10.2. The molecule has 1 aromatic heterocycles. The smallest absolute Gasteiger partial charge is 0.330 e. The van der Waals surface area contributed by atoms with Gasteiger partial charge in [-0.2, -0.15) is 0 Å². The van der Waals surface area contributed by atoms with Gasteiger partial charge in [0.25, 0.3) is 11.5 Å². The molecule has 0 atom stereocenters. The first kappa shape index (κ1) is 15.1. The van der Waals surface area contributed by atoms with E-state index in [0.717, 1.165) is 10.1 Å². The number of carbonyl (C=O) groups excluding carboxylic acids is 1. The van der Waals surface area contributed by atoms with Gasteiger partial charge in [0, 0.05) is 31.9 Å². The monoisotopic (exact) mass is 307 g/mol. The summed E-state index contributed by atoms with van der Waals surface area (Å²) in [5.74, 6) is -0.550. The molecule has 0 aliphatic carbocycles. The van der Waals surface area contributed by atoms with Crippen LogP contribution in [0.3, 0.4) is 0 Å². The first-order chi connectivity index (χ1) is 9.91. The molecule has 1 N–H and O–H groups in total. The molecule has 2 rings (SSSR count). The summed E-state index contributed by atoms with van der Waals surface area (Å²) in [6.07, 6.45) is 1.23. The Balaban J connectivity index is 2.24. The highest BCUT2D eigenvalue weighted by atomic mass is 35.5. The number of hydrogen-bond acceptors (Lipinski definition) is 3. The summed E-state index contributed by atoms with van der Waals surface area (Å²) in [7, 11) is 2.81. The topological polar surface area (TPSA) is 73.1 Å². The fraction of sp³-hybridized carbons (Fsp3) is 0.214. The highest BCUT2D eigenvalue weighted by Gasteiger charge is 2.14. The molecule has 1 amide bonds. The van der Waals surface area contributed by atoms with E-state index in [1.165, 1.54) is 24.9 Å². The molecule has 0 bridgehead atoms. The van der Waals surface area contributed by atoms with Crippen LogP contribution in [0.2, 0.25) is 5.02 Å². The Morgan fingerprint density at radius 2 is 1.90 bits per heavy atom. The Labute approximate surface area is 125 Å². The summed E-state index contributed by atoms with van der Waals surface area (Å²) in [6.45, 7) is 0.199. The molecule has 6 nitrogen and oxygen atoms in total. The molecule has 7 heteroatoms. The van der Waals surface area contributed by atoms with Gasteiger partial charge >= 0.3 is 5.69 Å². The van der Waals surface area contributed by atoms with E-state index in [-0.39, 0.29) is 12.1 Å². The van der Waals surface area contributed by atoms with Crippen LogP contribution in [0.5, 0.6) is 0 Å². The van der Waals surface area contributed by atoms with Gasteiger partial charge in [0.2, 0.25) is 0 Å². The van der Waals surface area contributed by atoms with Crippen molar-refractivity contribution in [3.05, 3.63) is 67.4 Å². The second-order valence-corrected chi connectivity index (χ2v) is 4.98. The average molecular weight is 308 g/mol. The maximum Gasteiger partial charge on any atom is 0.330 e. The van der Waals surface area contributed by atoms with Gasteiger partial charge < -0.3 is 9.88 Å². The van der Waals surface area contributed by atoms with Crippen LogP contribution in [0, 0.1) is 0 Å². The normalized spacial score (nSPS) is 10.4. The molecular formula is C14H14ClN3O3. The van der Waals surface area contributed by atoms with E-state index >= 15 is 0 Å². The predicted molar refractivity (Wildman–Crippen MR) is 79.5 cm³/mol. The molecule has 110 valence electrons. The lowest BCUT2D eigenvalue weighted by Gasteiger charge is -2.08. The van der Waals surface area contributed by atoms with E-state index in [9.17, 15) is 14.4 Å². The van der Waals surface area contributed by atoms with Gasteiger partial charge in [-0.3, -0.25) is 14.2 Å². The molecule has 0 fully saturated rings. The zero-order chi connectivity index (χ0) is 15.6. The zero-order valence-corrected chi connectivity index (χ0v) is 12.3. The van der Waals surface area contributed by atoms with Gasteiger partial charge in [0.15, 0.2) is 0 Å². The highest BCUT2D eigenvalue weighted by Crippen LogP contribution is 2.14. The van der Waals surface area contributed by atoms with Crippen molar-refractivity contribution >= 4 is 17.5 Å². The van der Waals surface area contributed by atoms with Crippen LogP contribution in [-0.4, -0.2) is 15.0 Å². The van der Waals surface area contributed by atoms with Crippen molar-refractivity contribution in [1.82, 2.24) is 14.5 Å². The van der Waals surface area contributed by atoms with E-state index in [1.54, 1.807) is 24.3 Å². The number of aryl methyl sites for hydroxylation is 1. The molecule has 0 aliphatic heterocycles. The number of rotatable bonds is 3. The number of hydrogen-bond donors (Lipinski definition) is 1. The molecule has 1 heterocycles. The van der Waals surface area contributed by atoms with Crippen molar-refractivity contribution in [2.24, 2.45) is 14.1 Å². The first-order valence-electron chi connectivity index (χ1n) is 6.20. The molecule has 2 aromatic rings. The number of carbonyl (C=O) groups is 1. The van der Waals surface area contributed by atoms with E-state index in [1.807, 2.05) is 0 Å². The van der Waals surface area contributed by atoms with Gasteiger partial charge in [0.1, 0.15) is 5.56 Å². The average Bonchev–Trinajstić information content (AvgIpc) is 2.47. The summed E-state index contributed by atoms with van der Waals surface area (Å²) in [6, 6.07) is 7.09. The quantitative estimate of drug-likeness (QED) is 0.905. The minimum absolute atomic E-state index is 0.0911. The largest absolute Gasteiger partial charge is 0.348 e. The van der Waals surface area contributed by atoms with Crippen LogP contribution in [0.1, 0.15) is 15.9 Å². The fourth-order valence-electron chi connectivity index (χ4n) is 1.88. The summed E-state index contributed by atoms with van der Waals surface area (Å²) in [5, 5.41) is 3.15. The van der Waals surface area contributed by atoms with Crippen molar-refractivity contribution in [3.63, 3.8) is 0 Å². The summed E-state index contributed by atoms with van der Waals surface area (Å²) in [4.78, 5) is 35.6. The lowest BCUT2D eigenvalue weighted by Crippen LogP contribution is -2.41. The van der Waals surface area contributed by atoms with Gasteiger partial charge in [-0.15, -0.1) is 0 Å². The van der Waals surface area contributed by atoms with Crippen LogP contribution >= 0.6 is 11.6 Å². The van der Waals surface area contributed by atoms with E-state index < -0.39 is 17.2 Å². The van der Waals surface area contributed by atoms with Crippen LogP contribution in [0.15, 0.2) is 40.1 Å². The van der Waals surface area contributed by atoms with Crippen molar-refractivity contribution in [2.45, 2.75) is 6.54 Å². The maximum absolute atomic E-state index is 12.1. The van der Waals surface area contributed by atoms with Crippen molar-refractivity contribution in [2.75, 3.05) is 0 Å². The Hall–Kier alpha value is -2.34. The van der Waals surface area contributed by atoms with E-state index in [4.69, 9.17) is 11.6 Å². The predicted octanol–water partition coefficient (Wildman–Crippen LogP) is 0.667. The third-order valence-corrected chi connectivity index (χ3v) is 3.46. The van der Waals surface area contributed by atoms with Gasteiger partial charge in [-0.25, -0.2) is 4.79 Å². The number of halogens is 1. The third-order valence-electron chi connectivity index (χ3n) is 3.09. The van der Waals surface area contributed by atoms with Crippen LogP contribution < -0.4 is 16.6 Å². The van der Waals surface area contributed by atoms with Crippen LogP contribution in [0.4, 0.5) is 0 Å². The van der Waals surface area contributed by atoms with Crippen molar-refractivity contribution < 1.29 is 4.79 Å². The van der Waals surface area contributed by atoms with Gasteiger partial charge in [-0.1, -0.05) is 29.8 Å². The Morgan fingerprint density at radius 1 is 1.24 bits per heavy atom. The summed E-state index contributed by atoms with van der Waals surface area (Å²) in [5.41, 5.74) is -0.460. The molecule has 0 aliphatic rings. The molecule has 0 saturated heterocycles. The van der Waals surface area contributed by atoms with Crippen molar-refractivity contribution in [3.8, 4) is 0 Å². The Kier molecular flexibility index (Phi) is 4.28. The molecule has 0 spiro atoms. The second-order valence-electron chi connectivity index (χ2n) is 4.57. The fourth-order valence-corrected chi connectivity index (χ4v) is 2.08. The lowest BCUT2D eigenvalue weighted by molar-refractivity contribution is 0.0947. The van der Waals surface area contributed by atoms with Gasteiger partial charge in [-0.05, 0) is 11.6 Å². The van der Waals surface area contributed by atoms with E-state index in [2.05, 4.69) is 5.32 Å². The molecule has 0 unspecified atom stereocenters. The van der Waals surface area contributed by atoms with Gasteiger partial charge in [0.05, 0.1) is 0 Å². The SMILES string of the molecule is Cn1cc(C(=O)NCc2ccccc2Cl)c(=O)n(C)c1=O. The summed E-state index contributed by atoms with van der Waals surface area (Å²) >= 11 is 5.99. The van der Waals surface area contributed by atoms with Crippen LogP contribution in [-0.2, 0) is 20.6 Å². The number of nitrogens with zero attached hydrogens (tertiary/aromatic N) is 2. The maximum atomic E-state index is 12.1. The van der Waals surface area contributed by atoms with E-state index in [0.29, 0.717) is 5.02 Å².